The normalized spacial score (nSPS) is 14.4. The minimum absolute atomic E-state index is 0.0939. The lowest BCUT2D eigenvalue weighted by molar-refractivity contribution is -0.141. The van der Waals surface area contributed by atoms with Crippen LogP contribution in [-0.4, -0.2) is 37.2 Å². The Bertz CT molecular complexity index is 1050. The molecule has 32 heavy (non-hydrogen) atoms. The van der Waals surface area contributed by atoms with Crippen molar-refractivity contribution in [1.82, 2.24) is 5.32 Å². The molecule has 2 aromatic carbocycles. The zero-order valence-corrected chi connectivity index (χ0v) is 19.2. The lowest BCUT2D eigenvalue weighted by atomic mass is 9.99. The molecule has 0 aromatic heterocycles. The minimum Gasteiger partial charge on any atom is -0.496 e. The highest BCUT2D eigenvalue weighted by Gasteiger charge is 2.26. The molecule has 0 saturated heterocycles. The average Bonchev–Trinajstić information content (AvgIpc) is 2.78. The van der Waals surface area contributed by atoms with Crippen molar-refractivity contribution in [3.05, 3.63) is 69.7 Å². The Labute approximate surface area is 196 Å². The molecule has 0 aliphatic heterocycles. The van der Waals surface area contributed by atoms with Crippen molar-refractivity contribution >= 4 is 35.1 Å². The van der Waals surface area contributed by atoms with Crippen LogP contribution in [0.15, 0.2) is 64.2 Å². The van der Waals surface area contributed by atoms with Gasteiger partial charge in [0.15, 0.2) is 0 Å². The quantitative estimate of drug-likeness (QED) is 0.567. The lowest BCUT2D eigenvalue weighted by Gasteiger charge is -2.19. The van der Waals surface area contributed by atoms with E-state index in [-0.39, 0.29) is 17.0 Å². The Morgan fingerprint density at radius 2 is 1.69 bits per heavy atom. The van der Waals surface area contributed by atoms with Gasteiger partial charge in [-0.3, -0.25) is 4.79 Å². The molecule has 6 nitrogen and oxygen atoms in total. The number of benzene rings is 2. The number of carbonyl (C=O) groups is 2. The van der Waals surface area contributed by atoms with Crippen molar-refractivity contribution in [2.45, 2.75) is 25.3 Å². The third-order valence-corrected chi connectivity index (χ3v) is 5.86. The number of carboxylic acid groups (broad SMARTS) is 1. The van der Waals surface area contributed by atoms with Gasteiger partial charge in [0.1, 0.15) is 17.5 Å². The first-order valence-electron chi connectivity index (χ1n) is 9.94. The van der Waals surface area contributed by atoms with Gasteiger partial charge in [-0.15, -0.1) is 0 Å². The van der Waals surface area contributed by atoms with Crippen LogP contribution in [0, 0.1) is 0 Å². The lowest BCUT2D eigenvalue weighted by Crippen LogP contribution is -2.43. The van der Waals surface area contributed by atoms with Crippen molar-refractivity contribution in [2.75, 3.05) is 14.2 Å². The molecule has 0 heterocycles. The van der Waals surface area contributed by atoms with E-state index in [4.69, 9.17) is 32.7 Å². The van der Waals surface area contributed by atoms with Gasteiger partial charge in [-0.25, -0.2) is 4.79 Å². The number of hydrogen-bond acceptors (Lipinski definition) is 4. The Hall–Kier alpha value is -2.96. The molecule has 0 radical (unpaired) electrons. The molecule has 1 aliphatic rings. The van der Waals surface area contributed by atoms with Crippen LogP contribution >= 0.6 is 23.2 Å². The summed E-state index contributed by atoms with van der Waals surface area (Å²) in [4.78, 5) is 24.4. The first-order chi connectivity index (χ1) is 15.3. The summed E-state index contributed by atoms with van der Waals surface area (Å²) in [5.74, 6) is -0.425. The zero-order chi connectivity index (χ0) is 23.3. The molecule has 0 spiro atoms. The predicted molar refractivity (Wildman–Crippen MR) is 124 cm³/mol. The van der Waals surface area contributed by atoms with E-state index in [1.807, 2.05) is 42.5 Å². The van der Waals surface area contributed by atoms with Gasteiger partial charge >= 0.3 is 5.97 Å². The van der Waals surface area contributed by atoms with E-state index in [2.05, 4.69) is 5.32 Å². The number of amides is 1. The highest BCUT2D eigenvalue weighted by Crippen LogP contribution is 2.38. The number of halogens is 2. The van der Waals surface area contributed by atoms with E-state index < -0.39 is 17.9 Å². The van der Waals surface area contributed by atoms with Crippen molar-refractivity contribution in [3.8, 4) is 22.6 Å². The van der Waals surface area contributed by atoms with Crippen LogP contribution in [-0.2, 0) is 16.0 Å². The molecule has 2 N–H and O–H groups in total. The topological polar surface area (TPSA) is 84.9 Å². The summed E-state index contributed by atoms with van der Waals surface area (Å²) in [6.45, 7) is 0. The first kappa shape index (κ1) is 23.7. The molecule has 1 amide bonds. The number of hydrogen-bond donors (Lipinski definition) is 2. The highest BCUT2D eigenvalue weighted by molar-refractivity contribution is 6.40. The molecule has 0 bridgehead atoms. The predicted octanol–water partition coefficient (Wildman–Crippen LogP) is 4.89. The van der Waals surface area contributed by atoms with E-state index in [9.17, 15) is 14.7 Å². The van der Waals surface area contributed by atoms with Crippen LogP contribution in [0.25, 0.3) is 11.1 Å². The Morgan fingerprint density at radius 1 is 1.06 bits per heavy atom. The molecular formula is C24H23Cl2NO5. The maximum absolute atomic E-state index is 12.6. The number of carboxylic acids is 1. The summed E-state index contributed by atoms with van der Waals surface area (Å²) in [7, 11) is 3.17. The van der Waals surface area contributed by atoms with Crippen LogP contribution in [0.4, 0.5) is 0 Å². The monoisotopic (exact) mass is 475 g/mol. The van der Waals surface area contributed by atoms with Gasteiger partial charge in [0, 0.05) is 11.5 Å². The maximum atomic E-state index is 12.6. The second-order valence-electron chi connectivity index (χ2n) is 7.17. The van der Waals surface area contributed by atoms with Gasteiger partial charge in [0.2, 0.25) is 0 Å². The van der Waals surface area contributed by atoms with Gasteiger partial charge in [-0.2, -0.15) is 0 Å². The molecule has 1 atom stereocenters. The second-order valence-corrected chi connectivity index (χ2v) is 8.04. The Morgan fingerprint density at radius 3 is 2.22 bits per heavy atom. The van der Waals surface area contributed by atoms with E-state index >= 15 is 0 Å². The number of carbonyl (C=O) groups excluding carboxylic acids is 1. The standard InChI is InChI=1S/C24H23Cl2NO5/c1-31-19-7-4-8-20(32-2)21(19)15-11-9-14(10-12-15)13-18(24(29)30)27-23(28)22-16(25)5-3-6-17(22)26/h4-5,7-12,18H,3,6,13H2,1-2H3,(H,27,28)(H,29,30)/t18-/m0/s1. The largest absolute Gasteiger partial charge is 0.496 e. The summed E-state index contributed by atoms with van der Waals surface area (Å²) >= 11 is 12.3. The van der Waals surface area contributed by atoms with Gasteiger partial charge in [0.05, 0.1) is 30.4 Å². The highest BCUT2D eigenvalue weighted by atomic mass is 35.5. The fraction of sp³-hybridized carbons (Fsp3) is 0.250. The van der Waals surface area contributed by atoms with Crippen LogP contribution in [0.2, 0.25) is 0 Å². The van der Waals surface area contributed by atoms with Gasteiger partial charge in [-0.1, -0.05) is 59.6 Å². The second kappa shape index (κ2) is 10.6. The molecule has 3 rings (SSSR count). The van der Waals surface area contributed by atoms with Gasteiger partial charge in [0.25, 0.3) is 5.91 Å². The molecule has 1 aliphatic carbocycles. The van der Waals surface area contributed by atoms with Gasteiger partial charge < -0.3 is 19.9 Å². The molecule has 2 aromatic rings. The number of rotatable bonds is 8. The third-order valence-electron chi connectivity index (χ3n) is 5.14. The Kier molecular flexibility index (Phi) is 7.83. The Balaban J connectivity index is 1.80. The number of allylic oxidation sites excluding steroid dienone is 2. The van der Waals surface area contributed by atoms with Crippen molar-refractivity contribution < 1.29 is 24.2 Å². The van der Waals surface area contributed by atoms with Crippen molar-refractivity contribution in [1.29, 1.82) is 0 Å². The minimum atomic E-state index is -1.15. The summed E-state index contributed by atoms with van der Waals surface area (Å²) < 4.78 is 10.9. The molecule has 8 heteroatoms. The molecule has 0 fully saturated rings. The SMILES string of the molecule is COc1cccc(OC)c1-c1ccc(C[C@H](NC(=O)C2=C(Cl)CCC=C2Cl)C(=O)O)cc1. The van der Waals surface area contributed by atoms with Crippen LogP contribution in [0.3, 0.4) is 0 Å². The average molecular weight is 476 g/mol. The fourth-order valence-electron chi connectivity index (χ4n) is 3.52. The molecule has 168 valence electrons. The van der Waals surface area contributed by atoms with E-state index in [1.54, 1.807) is 20.3 Å². The molecular weight excluding hydrogens is 453 g/mol. The zero-order valence-electron chi connectivity index (χ0n) is 17.7. The maximum Gasteiger partial charge on any atom is 0.326 e. The number of methoxy groups -OCH3 is 2. The van der Waals surface area contributed by atoms with E-state index in [1.165, 1.54) is 0 Å². The first-order valence-corrected chi connectivity index (χ1v) is 10.7. The van der Waals surface area contributed by atoms with Crippen molar-refractivity contribution in [3.63, 3.8) is 0 Å². The smallest absolute Gasteiger partial charge is 0.326 e. The third kappa shape index (κ3) is 5.26. The van der Waals surface area contributed by atoms with Crippen LogP contribution < -0.4 is 14.8 Å². The summed E-state index contributed by atoms with van der Waals surface area (Å²) in [5.41, 5.74) is 2.52. The van der Waals surface area contributed by atoms with Crippen LogP contribution in [0.5, 0.6) is 11.5 Å². The number of ether oxygens (including phenoxy) is 2. The summed E-state index contributed by atoms with van der Waals surface area (Å²) in [6.07, 6.45) is 2.92. The summed E-state index contributed by atoms with van der Waals surface area (Å²) in [6, 6.07) is 11.7. The molecule has 0 unspecified atom stereocenters. The fourth-order valence-corrected chi connectivity index (χ4v) is 4.18. The van der Waals surface area contributed by atoms with E-state index in [0.29, 0.717) is 29.4 Å². The summed E-state index contributed by atoms with van der Waals surface area (Å²) in [5, 5.41) is 12.7. The van der Waals surface area contributed by atoms with Gasteiger partial charge in [-0.05, 0) is 36.1 Å². The van der Waals surface area contributed by atoms with E-state index in [0.717, 1.165) is 16.7 Å². The number of aliphatic carboxylic acids is 1. The van der Waals surface area contributed by atoms with Crippen LogP contribution in [0.1, 0.15) is 18.4 Å². The van der Waals surface area contributed by atoms with Crippen molar-refractivity contribution in [2.24, 2.45) is 0 Å². The number of nitrogens with one attached hydrogen (secondary N) is 1. The molecule has 0 saturated carbocycles.